The van der Waals surface area contributed by atoms with Crippen molar-refractivity contribution in [2.75, 3.05) is 19.0 Å². The number of methoxy groups -OCH3 is 1. The highest BCUT2D eigenvalue weighted by molar-refractivity contribution is 5.61. The number of nitrogens with one attached hydrogen (secondary N) is 1. The van der Waals surface area contributed by atoms with E-state index in [-0.39, 0.29) is 11.7 Å². The minimum absolute atomic E-state index is 0.0381. The number of nitro benzene ring substituents is 1. The summed E-state index contributed by atoms with van der Waals surface area (Å²) in [6, 6.07) is 6.60. The number of rotatable bonds is 5. The molecular weight excluding hydrogens is 196 g/mol. The van der Waals surface area contributed by atoms with Crippen LogP contribution in [0.3, 0.4) is 0 Å². The van der Waals surface area contributed by atoms with Crippen LogP contribution in [-0.4, -0.2) is 24.7 Å². The molecule has 0 fully saturated rings. The number of benzene rings is 1. The predicted octanol–water partition coefficient (Wildman–Crippen LogP) is 2.04. The van der Waals surface area contributed by atoms with Crippen LogP contribution in [-0.2, 0) is 4.74 Å². The van der Waals surface area contributed by atoms with Gasteiger partial charge in [0.1, 0.15) is 5.69 Å². The largest absolute Gasteiger partial charge is 0.383 e. The molecule has 1 atom stereocenters. The van der Waals surface area contributed by atoms with Gasteiger partial charge < -0.3 is 10.1 Å². The van der Waals surface area contributed by atoms with Crippen molar-refractivity contribution in [1.82, 2.24) is 0 Å². The zero-order chi connectivity index (χ0) is 11.3. The third-order valence-electron chi connectivity index (χ3n) is 1.92. The van der Waals surface area contributed by atoms with Gasteiger partial charge in [-0.15, -0.1) is 0 Å². The maximum Gasteiger partial charge on any atom is 0.292 e. The molecule has 0 spiro atoms. The lowest BCUT2D eigenvalue weighted by atomic mass is 10.2. The van der Waals surface area contributed by atoms with Gasteiger partial charge in [0, 0.05) is 19.2 Å². The molecule has 0 aliphatic heterocycles. The fraction of sp³-hybridized carbons (Fsp3) is 0.400. The molecular formula is C10H14N2O3. The molecule has 1 aromatic rings. The summed E-state index contributed by atoms with van der Waals surface area (Å²) in [4.78, 5) is 10.3. The average molecular weight is 210 g/mol. The second kappa shape index (κ2) is 5.31. The third kappa shape index (κ3) is 3.21. The van der Waals surface area contributed by atoms with Crippen molar-refractivity contribution >= 4 is 11.4 Å². The number of para-hydroxylation sites is 2. The van der Waals surface area contributed by atoms with E-state index in [4.69, 9.17) is 4.74 Å². The molecule has 0 aromatic heterocycles. The van der Waals surface area contributed by atoms with Crippen LogP contribution in [0, 0.1) is 10.1 Å². The van der Waals surface area contributed by atoms with E-state index in [1.54, 1.807) is 25.3 Å². The van der Waals surface area contributed by atoms with E-state index in [2.05, 4.69) is 5.32 Å². The minimum Gasteiger partial charge on any atom is -0.383 e. The molecule has 0 aliphatic rings. The van der Waals surface area contributed by atoms with Gasteiger partial charge in [0.05, 0.1) is 11.5 Å². The highest BCUT2D eigenvalue weighted by atomic mass is 16.6. The van der Waals surface area contributed by atoms with Gasteiger partial charge in [-0.3, -0.25) is 10.1 Å². The van der Waals surface area contributed by atoms with E-state index in [0.29, 0.717) is 12.3 Å². The Morgan fingerprint density at radius 3 is 2.80 bits per heavy atom. The van der Waals surface area contributed by atoms with E-state index in [0.717, 1.165) is 0 Å². The molecule has 82 valence electrons. The van der Waals surface area contributed by atoms with Crippen LogP contribution in [0.1, 0.15) is 6.92 Å². The van der Waals surface area contributed by atoms with Crippen molar-refractivity contribution in [1.29, 1.82) is 0 Å². The predicted molar refractivity (Wildman–Crippen MR) is 58.1 cm³/mol. The molecule has 0 heterocycles. The minimum atomic E-state index is -0.401. The van der Waals surface area contributed by atoms with E-state index in [1.807, 2.05) is 6.92 Å². The van der Waals surface area contributed by atoms with Crippen LogP contribution in [0.25, 0.3) is 0 Å². The SMILES string of the molecule is COC[C@H](C)Nc1ccccc1[N+](=O)[O-]. The normalized spacial score (nSPS) is 12.1. The first-order chi connectivity index (χ1) is 7.15. The van der Waals surface area contributed by atoms with Gasteiger partial charge in [-0.1, -0.05) is 12.1 Å². The van der Waals surface area contributed by atoms with E-state index >= 15 is 0 Å². The summed E-state index contributed by atoms with van der Waals surface area (Å²) in [5, 5.41) is 13.7. The van der Waals surface area contributed by atoms with Gasteiger partial charge in [0.25, 0.3) is 5.69 Å². The molecule has 0 aliphatic carbocycles. The number of ether oxygens (including phenoxy) is 1. The van der Waals surface area contributed by atoms with Crippen molar-refractivity contribution in [2.45, 2.75) is 13.0 Å². The fourth-order valence-corrected chi connectivity index (χ4v) is 1.31. The van der Waals surface area contributed by atoms with Gasteiger partial charge >= 0.3 is 0 Å². The van der Waals surface area contributed by atoms with Crippen molar-refractivity contribution in [3.8, 4) is 0 Å². The van der Waals surface area contributed by atoms with Crippen molar-refractivity contribution in [3.05, 3.63) is 34.4 Å². The second-order valence-corrected chi connectivity index (χ2v) is 3.27. The topological polar surface area (TPSA) is 64.4 Å². The Bertz CT molecular complexity index is 341. The Balaban J connectivity index is 2.79. The van der Waals surface area contributed by atoms with Crippen LogP contribution in [0.15, 0.2) is 24.3 Å². The second-order valence-electron chi connectivity index (χ2n) is 3.27. The van der Waals surface area contributed by atoms with Gasteiger partial charge in [-0.2, -0.15) is 0 Å². The number of hydrogen-bond acceptors (Lipinski definition) is 4. The highest BCUT2D eigenvalue weighted by Crippen LogP contribution is 2.23. The number of anilines is 1. The number of hydrogen-bond donors (Lipinski definition) is 1. The van der Waals surface area contributed by atoms with Crippen LogP contribution in [0.4, 0.5) is 11.4 Å². The molecule has 1 rings (SSSR count). The summed E-state index contributed by atoms with van der Waals surface area (Å²) in [5.74, 6) is 0. The summed E-state index contributed by atoms with van der Waals surface area (Å²) in [6.45, 7) is 2.41. The van der Waals surface area contributed by atoms with Crippen molar-refractivity contribution < 1.29 is 9.66 Å². The fourth-order valence-electron chi connectivity index (χ4n) is 1.31. The molecule has 15 heavy (non-hydrogen) atoms. The van der Waals surface area contributed by atoms with E-state index in [9.17, 15) is 10.1 Å². The quantitative estimate of drug-likeness (QED) is 0.596. The van der Waals surface area contributed by atoms with Gasteiger partial charge in [-0.05, 0) is 13.0 Å². The molecule has 0 saturated carbocycles. The lowest BCUT2D eigenvalue weighted by molar-refractivity contribution is -0.384. The van der Waals surface area contributed by atoms with E-state index in [1.165, 1.54) is 6.07 Å². The van der Waals surface area contributed by atoms with Gasteiger partial charge in [0.2, 0.25) is 0 Å². The zero-order valence-corrected chi connectivity index (χ0v) is 8.77. The van der Waals surface area contributed by atoms with E-state index < -0.39 is 4.92 Å². The van der Waals surface area contributed by atoms with Crippen LogP contribution < -0.4 is 5.32 Å². The lowest BCUT2D eigenvalue weighted by Crippen LogP contribution is -2.21. The first-order valence-corrected chi connectivity index (χ1v) is 4.64. The summed E-state index contributed by atoms with van der Waals surface area (Å²) in [5.41, 5.74) is 0.604. The maximum atomic E-state index is 10.7. The summed E-state index contributed by atoms with van der Waals surface area (Å²) >= 11 is 0. The Kier molecular flexibility index (Phi) is 4.05. The molecule has 1 aromatic carbocycles. The molecule has 0 bridgehead atoms. The molecule has 5 nitrogen and oxygen atoms in total. The van der Waals surface area contributed by atoms with Gasteiger partial charge in [0.15, 0.2) is 0 Å². The number of nitrogens with zero attached hydrogens (tertiary/aromatic N) is 1. The van der Waals surface area contributed by atoms with Crippen LogP contribution in [0.2, 0.25) is 0 Å². The van der Waals surface area contributed by atoms with Crippen molar-refractivity contribution in [3.63, 3.8) is 0 Å². The average Bonchev–Trinajstić information content (AvgIpc) is 2.18. The Morgan fingerprint density at radius 1 is 1.53 bits per heavy atom. The standard InChI is InChI=1S/C10H14N2O3/c1-8(7-15-2)11-9-5-3-4-6-10(9)12(13)14/h3-6,8,11H,7H2,1-2H3/t8-/m0/s1. The Morgan fingerprint density at radius 2 is 2.20 bits per heavy atom. The molecule has 1 N–H and O–H groups in total. The summed E-state index contributed by atoms with van der Waals surface area (Å²) < 4.78 is 4.94. The first kappa shape index (κ1) is 11.5. The lowest BCUT2D eigenvalue weighted by Gasteiger charge is -2.13. The summed E-state index contributed by atoms with van der Waals surface area (Å²) in [7, 11) is 1.59. The first-order valence-electron chi connectivity index (χ1n) is 4.64. The van der Waals surface area contributed by atoms with Crippen molar-refractivity contribution in [2.24, 2.45) is 0 Å². The molecule has 0 radical (unpaired) electrons. The smallest absolute Gasteiger partial charge is 0.292 e. The van der Waals surface area contributed by atoms with Crippen LogP contribution in [0.5, 0.6) is 0 Å². The number of nitro groups is 1. The van der Waals surface area contributed by atoms with Gasteiger partial charge in [-0.25, -0.2) is 0 Å². The summed E-state index contributed by atoms with van der Waals surface area (Å²) in [6.07, 6.45) is 0. The monoisotopic (exact) mass is 210 g/mol. The zero-order valence-electron chi connectivity index (χ0n) is 8.77. The Hall–Kier alpha value is -1.62. The Labute approximate surface area is 88.2 Å². The third-order valence-corrected chi connectivity index (χ3v) is 1.92. The molecule has 0 unspecified atom stereocenters. The van der Waals surface area contributed by atoms with Crippen LogP contribution >= 0.6 is 0 Å². The maximum absolute atomic E-state index is 10.7. The molecule has 0 saturated heterocycles. The molecule has 5 heteroatoms. The highest BCUT2D eigenvalue weighted by Gasteiger charge is 2.13. The molecule has 0 amide bonds.